The van der Waals surface area contributed by atoms with E-state index in [2.05, 4.69) is 46.4 Å². The first-order valence-electron chi connectivity index (χ1n) is 10.9. The molecule has 2 rings (SSSR count). The van der Waals surface area contributed by atoms with E-state index in [4.69, 9.17) is 9.47 Å². The summed E-state index contributed by atoms with van der Waals surface area (Å²) in [4.78, 5) is 2.55. The Morgan fingerprint density at radius 1 is 1.08 bits per heavy atom. The molecule has 0 radical (unpaired) electrons. The second-order valence-electron chi connectivity index (χ2n) is 9.27. The molecular formula is C22H43NO2. The molecule has 4 unspecified atom stereocenters. The Kier molecular flexibility index (Phi) is 7.79. The Labute approximate surface area is 156 Å². The van der Waals surface area contributed by atoms with E-state index in [1.54, 1.807) is 0 Å². The Morgan fingerprint density at radius 2 is 1.76 bits per heavy atom. The van der Waals surface area contributed by atoms with Crippen LogP contribution in [0.3, 0.4) is 0 Å². The summed E-state index contributed by atoms with van der Waals surface area (Å²) in [6, 6.07) is 0. The Morgan fingerprint density at radius 3 is 2.32 bits per heavy atom. The van der Waals surface area contributed by atoms with Crippen molar-refractivity contribution in [1.29, 1.82) is 0 Å². The largest absolute Gasteiger partial charge is 0.347 e. The highest BCUT2D eigenvalue weighted by Crippen LogP contribution is 2.50. The standard InChI is InChI=1S/C22H43NO2/c1-7-11-21(5,6)19-10-12-22(18(4)15-19)24-17-20(25-22)16-23(13-8-2)14-9-3/h18-20H,7-17H2,1-6H3. The second kappa shape index (κ2) is 9.19. The third kappa shape index (κ3) is 5.20. The number of rotatable bonds is 9. The van der Waals surface area contributed by atoms with E-state index in [1.165, 1.54) is 51.6 Å². The van der Waals surface area contributed by atoms with E-state index in [0.717, 1.165) is 25.5 Å². The predicted octanol–water partition coefficient (Wildman–Crippen LogP) is 5.48. The van der Waals surface area contributed by atoms with Crippen LogP contribution < -0.4 is 0 Å². The Bertz CT molecular complexity index is 391. The minimum absolute atomic E-state index is 0.251. The predicted molar refractivity (Wildman–Crippen MR) is 106 cm³/mol. The fourth-order valence-electron chi connectivity index (χ4n) is 5.18. The molecule has 1 spiro atoms. The van der Waals surface area contributed by atoms with Crippen LogP contribution >= 0.6 is 0 Å². The van der Waals surface area contributed by atoms with Gasteiger partial charge in [0.25, 0.3) is 0 Å². The maximum absolute atomic E-state index is 6.58. The number of ether oxygens (including phenoxy) is 2. The van der Waals surface area contributed by atoms with Crippen LogP contribution in [0.2, 0.25) is 0 Å². The van der Waals surface area contributed by atoms with Crippen molar-refractivity contribution >= 4 is 0 Å². The summed E-state index contributed by atoms with van der Waals surface area (Å²) in [6.07, 6.45) is 8.84. The fourth-order valence-corrected chi connectivity index (χ4v) is 5.18. The van der Waals surface area contributed by atoms with Crippen LogP contribution in [0.4, 0.5) is 0 Å². The van der Waals surface area contributed by atoms with Crippen molar-refractivity contribution in [3.63, 3.8) is 0 Å². The molecule has 0 N–H and O–H groups in total. The summed E-state index contributed by atoms with van der Waals surface area (Å²) < 4.78 is 12.9. The van der Waals surface area contributed by atoms with Gasteiger partial charge < -0.3 is 14.4 Å². The van der Waals surface area contributed by atoms with Crippen LogP contribution in [0.25, 0.3) is 0 Å². The van der Waals surface area contributed by atoms with Crippen LogP contribution in [0.15, 0.2) is 0 Å². The van der Waals surface area contributed by atoms with E-state index in [-0.39, 0.29) is 11.9 Å². The second-order valence-corrected chi connectivity index (χ2v) is 9.27. The molecule has 1 saturated carbocycles. The summed E-state index contributed by atoms with van der Waals surface area (Å²) in [6.45, 7) is 18.2. The molecule has 1 heterocycles. The molecule has 25 heavy (non-hydrogen) atoms. The first-order valence-corrected chi connectivity index (χ1v) is 10.9. The molecular weight excluding hydrogens is 310 g/mol. The summed E-state index contributed by atoms with van der Waals surface area (Å²) >= 11 is 0. The number of nitrogens with zero attached hydrogens (tertiary/aromatic N) is 1. The average Bonchev–Trinajstić information content (AvgIpc) is 2.94. The summed E-state index contributed by atoms with van der Waals surface area (Å²) in [5.74, 6) is 1.00. The van der Waals surface area contributed by atoms with E-state index in [9.17, 15) is 0 Å². The van der Waals surface area contributed by atoms with Crippen molar-refractivity contribution in [2.75, 3.05) is 26.2 Å². The Hall–Kier alpha value is -0.120. The highest BCUT2D eigenvalue weighted by molar-refractivity contribution is 4.94. The van der Waals surface area contributed by atoms with Crippen molar-refractivity contribution < 1.29 is 9.47 Å². The molecule has 3 heteroatoms. The van der Waals surface area contributed by atoms with Crippen molar-refractivity contribution in [2.45, 2.75) is 98.4 Å². The van der Waals surface area contributed by atoms with Crippen molar-refractivity contribution in [3.8, 4) is 0 Å². The zero-order chi connectivity index (χ0) is 18.5. The molecule has 0 aromatic rings. The van der Waals surface area contributed by atoms with Crippen molar-refractivity contribution in [3.05, 3.63) is 0 Å². The van der Waals surface area contributed by atoms with Crippen LogP contribution in [-0.2, 0) is 9.47 Å². The fraction of sp³-hybridized carbons (Fsp3) is 1.00. The highest BCUT2D eigenvalue weighted by Gasteiger charge is 2.50. The van der Waals surface area contributed by atoms with Gasteiger partial charge in [-0.15, -0.1) is 0 Å². The lowest BCUT2D eigenvalue weighted by Gasteiger charge is -2.46. The Balaban J connectivity index is 1.91. The molecule has 0 aromatic heterocycles. The topological polar surface area (TPSA) is 21.7 Å². The van der Waals surface area contributed by atoms with Gasteiger partial charge in [-0.1, -0.05) is 48.0 Å². The van der Waals surface area contributed by atoms with Crippen molar-refractivity contribution in [1.82, 2.24) is 4.90 Å². The maximum Gasteiger partial charge on any atom is 0.171 e. The summed E-state index contributed by atoms with van der Waals surface area (Å²) in [7, 11) is 0. The molecule has 1 aliphatic heterocycles. The van der Waals surface area contributed by atoms with Gasteiger partial charge in [0, 0.05) is 18.9 Å². The summed E-state index contributed by atoms with van der Waals surface area (Å²) in [5, 5.41) is 0. The molecule has 0 bridgehead atoms. The highest BCUT2D eigenvalue weighted by atomic mass is 16.7. The van der Waals surface area contributed by atoms with Crippen LogP contribution in [-0.4, -0.2) is 43.0 Å². The quantitative estimate of drug-likeness (QED) is 0.547. The monoisotopic (exact) mass is 353 g/mol. The lowest BCUT2D eigenvalue weighted by Crippen LogP contribution is -2.46. The van der Waals surface area contributed by atoms with Gasteiger partial charge in [0.15, 0.2) is 5.79 Å². The minimum Gasteiger partial charge on any atom is -0.347 e. The molecule has 0 amide bonds. The van der Waals surface area contributed by atoms with Crippen LogP contribution in [0.1, 0.15) is 86.5 Å². The van der Waals surface area contributed by atoms with E-state index < -0.39 is 0 Å². The lowest BCUT2D eigenvalue weighted by molar-refractivity contribution is -0.228. The lowest BCUT2D eigenvalue weighted by atomic mass is 9.65. The average molecular weight is 354 g/mol. The third-order valence-corrected chi connectivity index (χ3v) is 6.65. The van der Waals surface area contributed by atoms with Gasteiger partial charge >= 0.3 is 0 Å². The van der Waals surface area contributed by atoms with E-state index >= 15 is 0 Å². The molecule has 148 valence electrons. The molecule has 4 atom stereocenters. The summed E-state index contributed by atoms with van der Waals surface area (Å²) in [5.41, 5.74) is 0.446. The van der Waals surface area contributed by atoms with Gasteiger partial charge in [-0.05, 0) is 56.5 Å². The van der Waals surface area contributed by atoms with Gasteiger partial charge in [-0.3, -0.25) is 0 Å². The molecule has 1 saturated heterocycles. The van der Waals surface area contributed by atoms with Gasteiger partial charge in [-0.2, -0.15) is 0 Å². The van der Waals surface area contributed by atoms with E-state index in [0.29, 0.717) is 11.3 Å². The van der Waals surface area contributed by atoms with Crippen LogP contribution in [0.5, 0.6) is 0 Å². The first-order chi connectivity index (χ1) is 11.9. The zero-order valence-corrected chi connectivity index (χ0v) is 17.8. The van der Waals surface area contributed by atoms with Gasteiger partial charge in [0.1, 0.15) is 0 Å². The van der Waals surface area contributed by atoms with Crippen LogP contribution in [0, 0.1) is 17.3 Å². The van der Waals surface area contributed by atoms with Gasteiger partial charge in [0.2, 0.25) is 0 Å². The zero-order valence-electron chi connectivity index (χ0n) is 17.8. The van der Waals surface area contributed by atoms with Crippen molar-refractivity contribution in [2.24, 2.45) is 17.3 Å². The molecule has 2 fully saturated rings. The minimum atomic E-state index is -0.298. The number of hydrogen-bond acceptors (Lipinski definition) is 3. The smallest absolute Gasteiger partial charge is 0.171 e. The van der Waals surface area contributed by atoms with Gasteiger partial charge in [0.05, 0.1) is 12.7 Å². The normalized spacial score (nSPS) is 33.5. The molecule has 1 aliphatic carbocycles. The first kappa shape index (κ1) is 21.2. The molecule has 0 aromatic carbocycles. The molecule has 2 aliphatic rings. The third-order valence-electron chi connectivity index (χ3n) is 6.65. The maximum atomic E-state index is 6.58. The van der Waals surface area contributed by atoms with Gasteiger partial charge in [-0.25, -0.2) is 0 Å². The SMILES string of the molecule is CCCN(CCC)CC1COC2(CCC(C(C)(C)CCC)CC2C)O1. The van der Waals surface area contributed by atoms with E-state index in [1.807, 2.05) is 0 Å². The molecule has 3 nitrogen and oxygen atoms in total. The number of hydrogen-bond donors (Lipinski definition) is 0.